The first kappa shape index (κ1) is 30.3. The number of thioether (sulfide) groups is 1. The van der Waals surface area contributed by atoms with E-state index in [2.05, 4.69) is 0 Å². The highest BCUT2D eigenvalue weighted by Crippen LogP contribution is 2.51. The molecule has 0 spiro atoms. The lowest BCUT2D eigenvalue weighted by atomic mass is 9.88. The summed E-state index contributed by atoms with van der Waals surface area (Å²) in [4.78, 5) is 1.89. The molecule has 2 aromatic carbocycles. The summed E-state index contributed by atoms with van der Waals surface area (Å²) in [5.74, 6) is -3.14. The number of anilines is 2. The highest BCUT2D eigenvalue weighted by molar-refractivity contribution is 8.00. The van der Waals surface area contributed by atoms with Gasteiger partial charge in [0.2, 0.25) is 22.4 Å². The summed E-state index contributed by atoms with van der Waals surface area (Å²) in [6.45, 7) is 0.275. The molecule has 2 heterocycles. The quantitative estimate of drug-likeness (QED) is 0.361. The number of aliphatic hydroxyl groups excluding tert-OH is 1. The summed E-state index contributed by atoms with van der Waals surface area (Å²) in [7, 11) is -2.91. The largest absolute Gasteiger partial charge is 0.492 e. The van der Waals surface area contributed by atoms with E-state index in [0.29, 0.717) is 10.6 Å². The molecule has 1 saturated carbocycles. The number of ether oxygens (including phenoxy) is 2. The molecule has 2 aromatic rings. The van der Waals surface area contributed by atoms with Gasteiger partial charge in [-0.15, -0.1) is 11.8 Å². The minimum absolute atomic E-state index is 0.00213. The monoisotopic (exact) mass is 622 g/mol. The number of hydrogen-bond donors (Lipinski definition) is 1. The Bertz CT molecular complexity index is 1350. The van der Waals surface area contributed by atoms with E-state index in [0.717, 1.165) is 16.1 Å². The fourth-order valence-corrected chi connectivity index (χ4v) is 8.09. The molecule has 5 rings (SSSR count). The maximum atomic E-state index is 13.9. The normalized spacial score (nSPS) is 23.4. The first-order valence-electron chi connectivity index (χ1n) is 13.2. The number of aliphatic hydroxyl groups is 1. The summed E-state index contributed by atoms with van der Waals surface area (Å²) in [5.41, 5.74) is -0.0346. The average molecular weight is 623 g/mol. The second kappa shape index (κ2) is 11.5. The van der Waals surface area contributed by atoms with Crippen LogP contribution < -0.4 is 9.64 Å². The number of rotatable bonds is 10. The van der Waals surface area contributed by atoms with Gasteiger partial charge in [0.25, 0.3) is 0 Å². The third kappa shape index (κ3) is 6.31. The van der Waals surface area contributed by atoms with Gasteiger partial charge in [-0.3, -0.25) is 0 Å². The molecule has 0 bridgehead atoms. The Balaban J connectivity index is 1.61. The predicted molar refractivity (Wildman–Crippen MR) is 143 cm³/mol. The lowest BCUT2D eigenvalue weighted by molar-refractivity contribution is -0.153. The molecule has 3 aliphatic rings. The Kier molecular flexibility index (Phi) is 8.52. The average Bonchev–Trinajstić information content (AvgIpc) is 2.95. The van der Waals surface area contributed by atoms with Crippen LogP contribution in [0.3, 0.4) is 0 Å². The molecule has 1 saturated heterocycles. The topological polar surface area (TPSA) is 79.3 Å². The molecular formula is C27H31F5N2O5S2. The highest BCUT2D eigenvalue weighted by atomic mass is 32.2. The van der Waals surface area contributed by atoms with Crippen LogP contribution in [0, 0.1) is 11.2 Å². The summed E-state index contributed by atoms with van der Waals surface area (Å²) >= 11 is 1.15. The third-order valence-electron chi connectivity index (χ3n) is 7.77. The van der Waals surface area contributed by atoms with Gasteiger partial charge in [-0.25, -0.2) is 30.4 Å². The van der Waals surface area contributed by atoms with Crippen molar-refractivity contribution >= 4 is 33.2 Å². The molecule has 2 fully saturated rings. The molecule has 1 atom stereocenters. The molecule has 1 N–H and O–H groups in total. The lowest BCUT2D eigenvalue weighted by Crippen LogP contribution is -2.50. The Morgan fingerprint density at radius 2 is 1.85 bits per heavy atom. The minimum atomic E-state index is -4.24. The van der Waals surface area contributed by atoms with E-state index in [4.69, 9.17) is 9.47 Å². The molecule has 0 aromatic heterocycles. The number of halogens is 5. The number of sulfonamides is 1. The standard InChI is InChI=1S/C27H31F5N2O5S2/c1-33-19(6-7-25(29)30)12-34(18-4-2-17(28)3-5-18)21-8-23(40-20-10-27(31,32)11-20)22(9-24(21)41(33,36)37)39-16-26(13-35)14-38-15-26/h2-5,8-9,19-20,25,35H,6-7,10-16H2,1H3/t19-/m1/s1. The van der Waals surface area contributed by atoms with Gasteiger partial charge in [0, 0.05) is 55.9 Å². The van der Waals surface area contributed by atoms with E-state index in [1.807, 2.05) is 0 Å². The Morgan fingerprint density at radius 1 is 1.17 bits per heavy atom. The van der Waals surface area contributed by atoms with Crippen LogP contribution in [-0.2, 0) is 14.8 Å². The zero-order valence-electron chi connectivity index (χ0n) is 22.2. The predicted octanol–water partition coefficient (Wildman–Crippen LogP) is 5.29. The second-order valence-corrected chi connectivity index (χ2v) is 14.2. The number of benzene rings is 2. The first-order valence-corrected chi connectivity index (χ1v) is 15.5. The molecule has 226 valence electrons. The van der Waals surface area contributed by atoms with E-state index < -0.39 is 51.3 Å². The Hall–Kier alpha value is -2.13. The highest BCUT2D eigenvalue weighted by Gasteiger charge is 2.47. The molecular weight excluding hydrogens is 591 g/mol. The van der Waals surface area contributed by atoms with Gasteiger partial charge < -0.3 is 19.5 Å². The molecule has 14 heteroatoms. The van der Waals surface area contributed by atoms with Crippen LogP contribution in [0.5, 0.6) is 5.75 Å². The summed E-state index contributed by atoms with van der Waals surface area (Å²) < 4.78 is 108. The second-order valence-electron chi connectivity index (χ2n) is 10.9. The van der Waals surface area contributed by atoms with Gasteiger partial charge >= 0.3 is 0 Å². The van der Waals surface area contributed by atoms with E-state index in [9.17, 15) is 35.5 Å². The maximum absolute atomic E-state index is 13.9. The van der Waals surface area contributed by atoms with Crippen molar-refractivity contribution in [3.63, 3.8) is 0 Å². The molecule has 0 radical (unpaired) electrons. The number of hydrogen-bond acceptors (Lipinski definition) is 7. The van der Waals surface area contributed by atoms with Crippen LogP contribution in [0.15, 0.2) is 46.2 Å². The van der Waals surface area contributed by atoms with E-state index in [1.165, 1.54) is 37.4 Å². The molecule has 2 aliphatic heterocycles. The fourth-order valence-electron chi connectivity index (χ4n) is 5.10. The van der Waals surface area contributed by atoms with Crippen molar-refractivity contribution in [2.45, 2.75) is 59.1 Å². The zero-order valence-corrected chi connectivity index (χ0v) is 23.9. The number of likely N-dealkylation sites (N-methyl/N-ethyl adjacent to an activating group) is 1. The lowest BCUT2D eigenvalue weighted by Gasteiger charge is -2.39. The fraction of sp³-hybridized carbons (Fsp3) is 0.556. The Morgan fingerprint density at radius 3 is 2.41 bits per heavy atom. The van der Waals surface area contributed by atoms with Crippen molar-refractivity contribution in [2.24, 2.45) is 5.41 Å². The number of fused-ring (bicyclic) bond motifs is 1. The van der Waals surface area contributed by atoms with Crippen LogP contribution in [0.1, 0.15) is 25.7 Å². The van der Waals surface area contributed by atoms with E-state index in [-0.39, 0.29) is 68.6 Å². The molecule has 0 unspecified atom stereocenters. The van der Waals surface area contributed by atoms with Gasteiger partial charge in [0.1, 0.15) is 23.1 Å². The SMILES string of the molecule is CN1[C@H](CCC(F)F)CN(c2ccc(F)cc2)c2cc(SC3CC(F)(F)C3)c(OCC3(CO)COC3)cc2S1(=O)=O. The maximum Gasteiger partial charge on any atom is 0.250 e. The summed E-state index contributed by atoms with van der Waals surface area (Å²) in [6.07, 6.45) is -3.97. The summed E-state index contributed by atoms with van der Waals surface area (Å²) in [5, 5.41) is 9.40. The van der Waals surface area contributed by atoms with Gasteiger partial charge in [0.15, 0.2) is 0 Å². The van der Waals surface area contributed by atoms with Crippen molar-refractivity contribution in [1.29, 1.82) is 0 Å². The van der Waals surface area contributed by atoms with Crippen molar-refractivity contribution in [3.8, 4) is 5.75 Å². The molecule has 7 nitrogen and oxygen atoms in total. The smallest absolute Gasteiger partial charge is 0.250 e. The molecule has 1 aliphatic carbocycles. The minimum Gasteiger partial charge on any atom is -0.492 e. The van der Waals surface area contributed by atoms with Crippen LogP contribution in [0.25, 0.3) is 0 Å². The number of nitrogens with zero attached hydrogens (tertiary/aromatic N) is 2. The summed E-state index contributed by atoms with van der Waals surface area (Å²) in [6, 6.07) is 7.40. The first-order chi connectivity index (χ1) is 19.3. The van der Waals surface area contributed by atoms with E-state index >= 15 is 0 Å². The van der Waals surface area contributed by atoms with Gasteiger partial charge in [0.05, 0.1) is 35.8 Å². The Labute approximate surface area is 239 Å². The van der Waals surface area contributed by atoms with Crippen molar-refractivity contribution in [1.82, 2.24) is 4.31 Å². The van der Waals surface area contributed by atoms with Gasteiger partial charge in [-0.1, -0.05) is 0 Å². The van der Waals surface area contributed by atoms with Gasteiger partial charge in [-0.2, -0.15) is 4.31 Å². The third-order valence-corrected chi connectivity index (χ3v) is 10.9. The van der Waals surface area contributed by atoms with Crippen molar-refractivity contribution in [3.05, 3.63) is 42.2 Å². The van der Waals surface area contributed by atoms with Crippen LogP contribution >= 0.6 is 11.8 Å². The molecule has 0 amide bonds. The zero-order chi connectivity index (χ0) is 29.6. The van der Waals surface area contributed by atoms with Gasteiger partial charge in [-0.05, 0) is 36.8 Å². The van der Waals surface area contributed by atoms with Crippen LogP contribution in [-0.4, -0.2) is 81.5 Å². The van der Waals surface area contributed by atoms with Crippen LogP contribution in [0.2, 0.25) is 0 Å². The van der Waals surface area contributed by atoms with Crippen LogP contribution in [0.4, 0.5) is 33.3 Å². The van der Waals surface area contributed by atoms with Crippen molar-refractivity contribution in [2.75, 3.05) is 44.9 Å². The van der Waals surface area contributed by atoms with E-state index in [1.54, 1.807) is 11.0 Å². The number of alkyl halides is 4. The van der Waals surface area contributed by atoms with Crippen molar-refractivity contribution < 1.29 is 45.0 Å². The molecule has 41 heavy (non-hydrogen) atoms.